The summed E-state index contributed by atoms with van der Waals surface area (Å²) in [4.78, 5) is 13.8. The third kappa shape index (κ3) is 5.35. The fourth-order valence-electron chi connectivity index (χ4n) is 5.74. The lowest BCUT2D eigenvalue weighted by molar-refractivity contribution is 0.670. The number of para-hydroxylation sites is 1. The number of hydrogen-bond acceptors (Lipinski definition) is 4. The second-order valence-electron chi connectivity index (χ2n) is 11.0. The maximum Gasteiger partial charge on any atom is 0.164 e. The summed E-state index contributed by atoms with van der Waals surface area (Å²) in [7, 11) is 0. The van der Waals surface area contributed by atoms with Gasteiger partial charge < -0.3 is 4.42 Å². The minimum atomic E-state index is -0.761. The molecule has 0 atom stereocenters. The fraction of sp³-hybridized carbons (Fsp3) is 0. The second kappa shape index (κ2) is 12.2. The van der Waals surface area contributed by atoms with E-state index in [9.17, 15) is 0 Å². The Bertz CT molecular complexity index is 3310. The summed E-state index contributed by atoms with van der Waals surface area (Å²) < 4.78 is 127. The first-order chi connectivity index (χ1) is 30.1. The van der Waals surface area contributed by atoms with Gasteiger partial charge in [0.1, 0.15) is 11.2 Å². The number of benzene rings is 7. The molecule has 0 bridgehead atoms. The monoisotopic (exact) mass is 641 g/mol. The van der Waals surface area contributed by atoms with Gasteiger partial charge in [-0.05, 0) is 33.9 Å². The first kappa shape index (κ1) is 17.5. The highest BCUT2D eigenvalue weighted by atomic mass is 16.3. The van der Waals surface area contributed by atoms with Gasteiger partial charge in [-0.1, -0.05) is 170 Å². The third-order valence-corrected chi connectivity index (χ3v) is 8.02. The van der Waals surface area contributed by atoms with Crippen LogP contribution in [0.5, 0.6) is 0 Å². The van der Waals surface area contributed by atoms with Gasteiger partial charge in [-0.15, -0.1) is 0 Å². The smallest absolute Gasteiger partial charge is 0.164 e. The van der Waals surface area contributed by atoms with E-state index in [2.05, 4.69) is 15.0 Å². The van der Waals surface area contributed by atoms with Crippen LogP contribution in [0.3, 0.4) is 0 Å². The number of rotatable bonds is 6. The lowest BCUT2D eigenvalue weighted by atomic mass is 9.98. The van der Waals surface area contributed by atoms with E-state index in [1.807, 2.05) is 72.8 Å². The predicted octanol–water partition coefficient (Wildman–Crippen LogP) is 11.8. The van der Waals surface area contributed by atoms with Crippen molar-refractivity contribution in [3.8, 4) is 67.5 Å². The lowest BCUT2D eigenvalue weighted by Crippen LogP contribution is -2.00. The normalized spacial score (nSPS) is 15.3. The van der Waals surface area contributed by atoms with Crippen LogP contribution >= 0.6 is 0 Å². The zero-order valence-corrected chi connectivity index (χ0v) is 25.4. The molecule has 9 rings (SSSR count). The summed E-state index contributed by atoms with van der Waals surface area (Å²) >= 11 is 0. The van der Waals surface area contributed by atoms with Crippen LogP contribution in [0.25, 0.3) is 89.5 Å². The van der Waals surface area contributed by atoms with Crippen LogP contribution in [0.4, 0.5) is 0 Å². The number of nitrogens with zero attached hydrogens (tertiary/aromatic N) is 3. The third-order valence-electron chi connectivity index (χ3n) is 8.02. The Labute approximate surface area is 303 Å². The van der Waals surface area contributed by atoms with Crippen LogP contribution in [-0.4, -0.2) is 15.0 Å². The second-order valence-corrected chi connectivity index (χ2v) is 11.0. The maximum atomic E-state index is 9.15. The van der Waals surface area contributed by atoms with Crippen molar-refractivity contribution in [1.29, 1.82) is 0 Å². The van der Waals surface area contributed by atoms with E-state index in [1.165, 1.54) is 0 Å². The van der Waals surface area contributed by atoms with E-state index >= 15 is 0 Å². The van der Waals surface area contributed by atoms with Crippen LogP contribution < -0.4 is 0 Å². The summed E-state index contributed by atoms with van der Waals surface area (Å²) in [5.41, 5.74) is 3.08. The Morgan fingerprint density at radius 1 is 0.388 bits per heavy atom. The zero-order valence-electron chi connectivity index (χ0n) is 39.4. The molecule has 0 aliphatic rings. The van der Waals surface area contributed by atoms with Crippen molar-refractivity contribution >= 4 is 21.9 Å². The Kier molecular flexibility index (Phi) is 4.35. The van der Waals surface area contributed by atoms with E-state index < -0.39 is 118 Å². The minimum absolute atomic E-state index is 0.126. The molecule has 0 aliphatic heterocycles. The standard InChI is InChI=1S/C45H29N3O/c1-4-12-30(13-5-1)32-22-26-34(27-23-32)37-18-10-19-38-41-39(20-11-21-40(41)49-42(37)38)45-47-43(35-16-8-3-9-17-35)46-44(48-45)36-28-24-33(25-29-36)31-14-6-2-7-15-31/h1-29H/i2D,3D,6D,7D,8D,9D,14D,15D,16D,17D,24D,25D,28D,29D. The molecule has 9 aromatic rings. The van der Waals surface area contributed by atoms with Gasteiger partial charge in [0.25, 0.3) is 0 Å². The summed E-state index contributed by atoms with van der Waals surface area (Å²) in [6, 6.07) is 18.8. The van der Waals surface area contributed by atoms with Crippen molar-refractivity contribution in [2.75, 3.05) is 0 Å². The van der Waals surface area contributed by atoms with Gasteiger partial charge in [0.05, 0.1) is 19.2 Å². The molecule has 7 aromatic carbocycles. The number of hydrogen-bond donors (Lipinski definition) is 0. The van der Waals surface area contributed by atoms with Crippen LogP contribution in [0, 0.1) is 0 Å². The quantitative estimate of drug-likeness (QED) is 0.181. The molecule has 2 aromatic heterocycles. The molecule has 0 saturated heterocycles. The largest absolute Gasteiger partial charge is 0.455 e. The summed E-state index contributed by atoms with van der Waals surface area (Å²) in [6.45, 7) is 0. The highest BCUT2D eigenvalue weighted by Crippen LogP contribution is 2.40. The van der Waals surface area contributed by atoms with Crippen molar-refractivity contribution in [3.63, 3.8) is 0 Å². The summed E-state index contributed by atoms with van der Waals surface area (Å²) in [6.07, 6.45) is 0. The van der Waals surface area contributed by atoms with Gasteiger partial charge in [-0.2, -0.15) is 0 Å². The molecule has 0 unspecified atom stereocenters. The molecular formula is C45H29N3O. The molecular weight excluding hydrogens is 599 g/mol. The summed E-state index contributed by atoms with van der Waals surface area (Å²) in [5, 5.41) is 1.19. The van der Waals surface area contributed by atoms with Gasteiger partial charge in [0, 0.05) is 33.0 Å². The molecule has 4 heteroatoms. The van der Waals surface area contributed by atoms with Gasteiger partial charge in [0.15, 0.2) is 17.5 Å². The Morgan fingerprint density at radius 3 is 1.63 bits per heavy atom. The van der Waals surface area contributed by atoms with Gasteiger partial charge in [0.2, 0.25) is 0 Å². The first-order valence-corrected chi connectivity index (χ1v) is 15.2. The Hall–Kier alpha value is -6.65. The van der Waals surface area contributed by atoms with E-state index in [0.717, 1.165) is 22.3 Å². The SMILES string of the molecule is [2H]c1c([2H])c([2H])c(-c2nc(-c3c([2H])c([2H])c(-c4c([2H])c([2H])c([2H])c([2H])c4[2H])c([2H])c3[2H])nc(-c3cccc4oc5c(-c6ccc(-c7ccccc7)cc6)cccc5c34)n2)c([2H])c1[2H]. The first-order valence-electron chi connectivity index (χ1n) is 22.2. The van der Waals surface area contributed by atoms with E-state index in [4.69, 9.17) is 23.6 Å². The molecule has 0 N–H and O–H groups in total. The molecule has 4 nitrogen and oxygen atoms in total. The fourth-order valence-corrected chi connectivity index (χ4v) is 5.74. The zero-order chi connectivity index (χ0) is 44.8. The number of aromatic nitrogens is 3. The maximum absolute atomic E-state index is 9.15. The molecule has 230 valence electrons. The van der Waals surface area contributed by atoms with Gasteiger partial charge in [-0.25, -0.2) is 15.0 Å². The van der Waals surface area contributed by atoms with Crippen molar-refractivity contribution in [2.24, 2.45) is 0 Å². The molecule has 0 fully saturated rings. The van der Waals surface area contributed by atoms with Gasteiger partial charge >= 0.3 is 0 Å². The lowest BCUT2D eigenvalue weighted by Gasteiger charge is -2.10. The van der Waals surface area contributed by atoms with E-state index in [-0.39, 0.29) is 5.82 Å². The van der Waals surface area contributed by atoms with Crippen LogP contribution in [0.1, 0.15) is 19.2 Å². The van der Waals surface area contributed by atoms with Crippen molar-refractivity contribution < 1.29 is 23.6 Å². The topological polar surface area (TPSA) is 51.8 Å². The van der Waals surface area contributed by atoms with Gasteiger partial charge in [-0.3, -0.25) is 0 Å². The van der Waals surface area contributed by atoms with Crippen LogP contribution in [0.15, 0.2) is 180 Å². The number of furan rings is 1. The molecule has 0 aliphatic carbocycles. The van der Waals surface area contributed by atoms with E-state index in [0.29, 0.717) is 27.5 Å². The molecule has 0 amide bonds. The summed E-state index contributed by atoms with van der Waals surface area (Å²) in [5.74, 6) is -1.02. The molecule has 0 spiro atoms. The Morgan fingerprint density at radius 2 is 0.918 bits per heavy atom. The highest BCUT2D eigenvalue weighted by molar-refractivity contribution is 6.15. The Balaban J connectivity index is 1.30. The van der Waals surface area contributed by atoms with Crippen LogP contribution in [-0.2, 0) is 0 Å². The average Bonchev–Trinajstić information content (AvgIpc) is 3.69. The molecule has 0 radical (unpaired) electrons. The molecule has 49 heavy (non-hydrogen) atoms. The highest BCUT2D eigenvalue weighted by Gasteiger charge is 2.19. The minimum Gasteiger partial charge on any atom is -0.455 e. The molecule has 0 saturated carbocycles. The van der Waals surface area contributed by atoms with Crippen molar-refractivity contribution in [1.82, 2.24) is 15.0 Å². The van der Waals surface area contributed by atoms with Crippen LogP contribution in [0.2, 0.25) is 0 Å². The predicted molar refractivity (Wildman–Crippen MR) is 200 cm³/mol. The van der Waals surface area contributed by atoms with Crippen molar-refractivity contribution in [2.45, 2.75) is 0 Å². The average molecular weight is 642 g/mol. The van der Waals surface area contributed by atoms with E-state index in [1.54, 1.807) is 18.2 Å². The molecule has 2 heterocycles. The number of fused-ring (bicyclic) bond motifs is 3. The van der Waals surface area contributed by atoms with Crippen molar-refractivity contribution in [3.05, 3.63) is 176 Å².